The molecule has 0 aromatic heterocycles. The van der Waals surface area contributed by atoms with E-state index in [9.17, 15) is 4.79 Å². The second-order valence-corrected chi connectivity index (χ2v) is 3.09. The molecule has 1 unspecified atom stereocenters. The fourth-order valence-corrected chi connectivity index (χ4v) is 1.63. The van der Waals surface area contributed by atoms with Crippen LogP contribution in [0.25, 0.3) is 0 Å². The van der Waals surface area contributed by atoms with Gasteiger partial charge in [0.25, 0.3) is 0 Å². The Bertz CT molecular complexity index is 269. The first kappa shape index (κ1) is 8.98. The zero-order valence-corrected chi connectivity index (χ0v) is 7.63. The molecule has 0 radical (unpaired) electrons. The number of Topliss-reactive ketones (excluding diaryl/α,β-unsaturated/α-hetero) is 1. The van der Waals surface area contributed by atoms with Crippen molar-refractivity contribution in [3.05, 3.63) is 36.0 Å². The highest BCUT2D eigenvalue weighted by molar-refractivity contribution is 6.03. The lowest BCUT2D eigenvalue weighted by Crippen LogP contribution is -1.91. The molecule has 0 N–H and O–H groups in total. The van der Waals surface area contributed by atoms with Crippen molar-refractivity contribution in [1.82, 2.24) is 0 Å². The molecule has 1 aliphatic rings. The molecule has 0 heterocycles. The normalized spacial score (nSPS) is 30.2. The van der Waals surface area contributed by atoms with Crippen LogP contribution in [-0.2, 0) is 4.79 Å². The molecule has 1 nitrogen and oxygen atoms in total. The van der Waals surface area contributed by atoms with Crippen LogP contribution in [0.4, 0.5) is 0 Å². The smallest absolute Gasteiger partial charge is 0.163 e. The zero-order valence-electron chi connectivity index (χ0n) is 7.63. The Labute approximate surface area is 73.5 Å². The molecule has 0 aromatic carbocycles. The predicted molar refractivity (Wildman–Crippen MR) is 50.8 cm³/mol. The number of allylic oxidation sites excluding steroid dienone is 5. The van der Waals surface area contributed by atoms with Crippen LogP contribution in [0, 0.1) is 5.92 Å². The molecule has 0 spiro atoms. The SMILES string of the molecule is C=C/C=C1\C(=C/C)C(=O)CC1C. The highest BCUT2D eigenvalue weighted by Crippen LogP contribution is 2.32. The van der Waals surface area contributed by atoms with Crippen LogP contribution in [-0.4, -0.2) is 5.78 Å². The van der Waals surface area contributed by atoms with Gasteiger partial charge in [-0.1, -0.05) is 31.7 Å². The first-order valence-corrected chi connectivity index (χ1v) is 4.23. The molecule has 64 valence electrons. The van der Waals surface area contributed by atoms with E-state index in [1.807, 2.05) is 19.1 Å². The number of rotatable bonds is 1. The molecule has 0 aromatic rings. The largest absolute Gasteiger partial charge is 0.294 e. The minimum absolute atomic E-state index is 0.262. The molecular formula is C11H14O. The van der Waals surface area contributed by atoms with Crippen molar-refractivity contribution in [2.75, 3.05) is 0 Å². The Morgan fingerprint density at radius 1 is 1.58 bits per heavy atom. The second-order valence-electron chi connectivity index (χ2n) is 3.09. The first-order valence-electron chi connectivity index (χ1n) is 4.23. The summed E-state index contributed by atoms with van der Waals surface area (Å²) in [5.41, 5.74) is 2.01. The van der Waals surface area contributed by atoms with E-state index in [1.165, 1.54) is 0 Å². The third kappa shape index (κ3) is 1.40. The quantitative estimate of drug-likeness (QED) is 0.542. The summed E-state index contributed by atoms with van der Waals surface area (Å²) in [6.45, 7) is 7.62. The molecule has 1 saturated carbocycles. The molecular weight excluding hydrogens is 148 g/mol. The van der Waals surface area contributed by atoms with Crippen LogP contribution in [0.3, 0.4) is 0 Å². The van der Waals surface area contributed by atoms with E-state index in [-0.39, 0.29) is 5.78 Å². The van der Waals surface area contributed by atoms with Gasteiger partial charge >= 0.3 is 0 Å². The van der Waals surface area contributed by atoms with Crippen molar-refractivity contribution >= 4 is 5.78 Å². The topological polar surface area (TPSA) is 17.1 Å². The van der Waals surface area contributed by atoms with E-state index < -0.39 is 0 Å². The van der Waals surface area contributed by atoms with E-state index in [2.05, 4.69) is 13.5 Å². The van der Waals surface area contributed by atoms with Crippen LogP contribution < -0.4 is 0 Å². The molecule has 1 fully saturated rings. The Morgan fingerprint density at radius 3 is 2.75 bits per heavy atom. The van der Waals surface area contributed by atoms with Crippen molar-refractivity contribution < 1.29 is 4.79 Å². The maximum atomic E-state index is 11.4. The van der Waals surface area contributed by atoms with Gasteiger partial charge in [-0.05, 0) is 18.4 Å². The maximum Gasteiger partial charge on any atom is 0.163 e. The van der Waals surface area contributed by atoms with Gasteiger partial charge in [0.15, 0.2) is 5.78 Å². The summed E-state index contributed by atoms with van der Waals surface area (Å²) >= 11 is 0. The average Bonchev–Trinajstić information content (AvgIpc) is 2.28. The fraction of sp³-hybridized carbons (Fsp3) is 0.364. The minimum atomic E-state index is 0.262. The van der Waals surface area contributed by atoms with E-state index in [0.717, 1.165) is 11.1 Å². The van der Waals surface area contributed by atoms with Crippen molar-refractivity contribution in [2.45, 2.75) is 20.3 Å². The van der Waals surface area contributed by atoms with Crippen molar-refractivity contribution in [3.8, 4) is 0 Å². The summed E-state index contributed by atoms with van der Waals surface area (Å²) in [6.07, 6.45) is 6.22. The third-order valence-corrected chi connectivity index (χ3v) is 2.22. The Kier molecular flexibility index (Phi) is 2.64. The van der Waals surface area contributed by atoms with Crippen molar-refractivity contribution in [3.63, 3.8) is 0 Å². The van der Waals surface area contributed by atoms with E-state index in [4.69, 9.17) is 0 Å². The zero-order chi connectivity index (χ0) is 9.14. The van der Waals surface area contributed by atoms with Gasteiger partial charge < -0.3 is 0 Å². The molecule has 0 amide bonds. The lowest BCUT2D eigenvalue weighted by atomic mass is 10.0. The molecule has 0 bridgehead atoms. The van der Waals surface area contributed by atoms with Gasteiger partial charge in [0.2, 0.25) is 0 Å². The molecule has 0 aliphatic heterocycles. The van der Waals surface area contributed by atoms with Gasteiger partial charge in [0, 0.05) is 12.0 Å². The molecule has 1 aliphatic carbocycles. The van der Waals surface area contributed by atoms with Crippen LogP contribution in [0.5, 0.6) is 0 Å². The molecule has 12 heavy (non-hydrogen) atoms. The number of carbonyl (C=O) groups is 1. The van der Waals surface area contributed by atoms with Crippen molar-refractivity contribution in [2.24, 2.45) is 5.92 Å². The minimum Gasteiger partial charge on any atom is -0.294 e. The van der Waals surface area contributed by atoms with E-state index in [1.54, 1.807) is 6.08 Å². The van der Waals surface area contributed by atoms with Crippen LogP contribution in [0.1, 0.15) is 20.3 Å². The van der Waals surface area contributed by atoms with Gasteiger partial charge in [0.1, 0.15) is 0 Å². The van der Waals surface area contributed by atoms with Gasteiger partial charge in [0.05, 0.1) is 0 Å². The third-order valence-electron chi connectivity index (χ3n) is 2.22. The summed E-state index contributed by atoms with van der Waals surface area (Å²) in [5.74, 6) is 0.625. The van der Waals surface area contributed by atoms with E-state index >= 15 is 0 Å². The van der Waals surface area contributed by atoms with Gasteiger partial charge in [-0.2, -0.15) is 0 Å². The summed E-state index contributed by atoms with van der Waals surface area (Å²) in [5, 5.41) is 0. The molecule has 1 atom stereocenters. The second kappa shape index (κ2) is 3.53. The fourth-order valence-electron chi connectivity index (χ4n) is 1.63. The highest BCUT2D eigenvalue weighted by atomic mass is 16.1. The summed E-state index contributed by atoms with van der Waals surface area (Å²) in [4.78, 5) is 11.4. The summed E-state index contributed by atoms with van der Waals surface area (Å²) in [6, 6.07) is 0. The highest BCUT2D eigenvalue weighted by Gasteiger charge is 2.27. The lowest BCUT2D eigenvalue weighted by molar-refractivity contribution is -0.114. The van der Waals surface area contributed by atoms with Crippen molar-refractivity contribution in [1.29, 1.82) is 0 Å². The van der Waals surface area contributed by atoms with Gasteiger partial charge in [-0.15, -0.1) is 0 Å². The Balaban J connectivity index is 3.06. The number of hydrogen-bond acceptors (Lipinski definition) is 1. The van der Waals surface area contributed by atoms with Gasteiger partial charge in [-0.3, -0.25) is 4.79 Å². The monoisotopic (exact) mass is 162 g/mol. The number of ketones is 1. The van der Waals surface area contributed by atoms with Crippen LogP contribution in [0.15, 0.2) is 36.0 Å². The van der Waals surface area contributed by atoms with Crippen LogP contribution >= 0.6 is 0 Å². The Morgan fingerprint density at radius 2 is 2.25 bits per heavy atom. The molecule has 1 heteroatoms. The Hall–Kier alpha value is -1.11. The molecule has 0 saturated heterocycles. The predicted octanol–water partition coefficient (Wildman–Crippen LogP) is 2.65. The van der Waals surface area contributed by atoms with E-state index in [0.29, 0.717) is 12.3 Å². The summed E-state index contributed by atoms with van der Waals surface area (Å²) < 4.78 is 0. The lowest BCUT2D eigenvalue weighted by Gasteiger charge is -2.01. The number of carbonyl (C=O) groups excluding carboxylic acids is 1. The summed E-state index contributed by atoms with van der Waals surface area (Å²) in [7, 11) is 0. The van der Waals surface area contributed by atoms with Gasteiger partial charge in [-0.25, -0.2) is 0 Å². The average molecular weight is 162 g/mol. The standard InChI is InChI=1S/C11H14O/c1-4-6-10-8(3)7-11(12)9(10)5-2/h4-6,8H,1,7H2,2-3H3/b9-5+,10-6-. The molecule has 1 rings (SSSR count). The maximum absolute atomic E-state index is 11.4. The van der Waals surface area contributed by atoms with Crippen LogP contribution in [0.2, 0.25) is 0 Å². The first-order chi connectivity index (χ1) is 5.70. The number of hydrogen-bond donors (Lipinski definition) is 0.